The van der Waals surface area contributed by atoms with E-state index in [2.05, 4.69) is 41.6 Å². The molecule has 164 valence electrons. The number of carbonyl (C=O) groups is 1. The van der Waals surface area contributed by atoms with E-state index in [1.165, 1.54) is 16.9 Å². The Hall–Kier alpha value is -2.93. The number of aryl methyl sites for hydroxylation is 2. The number of hydrogen-bond donors (Lipinski definition) is 2. The van der Waals surface area contributed by atoms with Crippen molar-refractivity contribution in [2.45, 2.75) is 53.9 Å². The molecule has 6 nitrogen and oxygen atoms in total. The number of anilines is 2. The topological polar surface area (TPSA) is 75.6 Å². The van der Waals surface area contributed by atoms with Crippen molar-refractivity contribution in [3.63, 3.8) is 0 Å². The van der Waals surface area contributed by atoms with E-state index in [0.29, 0.717) is 11.7 Å². The average Bonchev–Trinajstić information content (AvgIpc) is 3.16. The zero-order valence-corrected chi connectivity index (χ0v) is 19.8. The van der Waals surface area contributed by atoms with Crippen LogP contribution in [-0.4, -0.2) is 23.2 Å². The van der Waals surface area contributed by atoms with E-state index in [-0.39, 0.29) is 12.5 Å². The van der Waals surface area contributed by atoms with Gasteiger partial charge in [-0.15, -0.1) is 0 Å². The van der Waals surface area contributed by atoms with Crippen LogP contribution in [0.2, 0.25) is 0 Å². The summed E-state index contributed by atoms with van der Waals surface area (Å²) in [5.41, 5.74) is 8.94. The highest BCUT2D eigenvalue weighted by Gasteiger charge is 2.15. The van der Waals surface area contributed by atoms with Crippen molar-refractivity contribution in [3.8, 4) is 5.75 Å². The molecule has 1 aromatic heterocycles. The first kappa shape index (κ1) is 22.7. The van der Waals surface area contributed by atoms with Crippen molar-refractivity contribution in [1.29, 1.82) is 0 Å². The van der Waals surface area contributed by atoms with Gasteiger partial charge in [-0.25, -0.2) is 4.98 Å². The Kier molecular flexibility index (Phi) is 7.28. The van der Waals surface area contributed by atoms with Gasteiger partial charge < -0.3 is 10.1 Å². The van der Waals surface area contributed by atoms with Crippen LogP contribution in [0.4, 0.5) is 10.8 Å². The molecular weight excluding hydrogens is 408 g/mol. The molecule has 0 fully saturated rings. The molecule has 3 aromatic rings. The molecule has 2 N–H and O–H groups in total. The summed E-state index contributed by atoms with van der Waals surface area (Å²) in [7, 11) is 0. The highest BCUT2D eigenvalue weighted by molar-refractivity contribution is 7.22. The van der Waals surface area contributed by atoms with Gasteiger partial charge in [0.15, 0.2) is 6.61 Å². The van der Waals surface area contributed by atoms with Gasteiger partial charge in [0.1, 0.15) is 5.75 Å². The number of benzene rings is 2. The van der Waals surface area contributed by atoms with Crippen LogP contribution in [0.1, 0.15) is 56.7 Å². The van der Waals surface area contributed by atoms with Gasteiger partial charge in [0, 0.05) is 11.4 Å². The molecule has 0 bridgehead atoms. The first-order chi connectivity index (χ1) is 14.8. The molecule has 0 spiro atoms. The third kappa shape index (κ3) is 5.61. The van der Waals surface area contributed by atoms with Gasteiger partial charge in [-0.1, -0.05) is 44.2 Å². The molecule has 2 aromatic carbocycles. The van der Waals surface area contributed by atoms with Crippen LogP contribution in [0.5, 0.6) is 5.75 Å². The largest absolute Gasteiger partial charge is 0.484 e. The minimum absolute atomic E-state index is 0.0432. The van der Waals surface area contributed by atoms with Gasteiger partial charge in [-0.3, -0.25) is 10.2 Å². The van der Waals surface area contributed by atoms with Crippen LogP contribution in [0.3, 0.4) is 0 Å². The van der Waals surface area contributed by atoms with Crippen molar-refractivity contribution in [1.82, 2.24) is 4.98 Å². The van der Waals surface area contributed by atoms with E-state index in [1.807, 2.05) is 51.1 Å². The van der Waals surface area contributed by atoms with E-state index >= 15 is 0 Å². The lowest BCUT2D eigenvalue weighted by atomic mass is 10.0. The summed E-state index contributed by atoms with van der Waals surface area (Å²) in [5.74, 6) is 0.956. The number of nitrogens with zero attached hydrogens (tertiary/aromatic N) is 2. The van der Waals surface area contributed by atoms with Gasteiger partial charge in [-0.2, -0.15) is 5.10 Å². The molecule has 0 atom stereocenters. The summed E-state index contributed by atoms with van der Waals surface area (Å²) in [4.78, 5) is 17.2. The number of hydrogen-bond acceptors (Lipinski definition) is 6. The fourth-order valence-corrected chi connectivity index (χ4v) is 4.01. The number of ether oxygens (including phenoxy) is 1. The predicted molar refractivity (Wildman–Crippen MR) is 131 cm³/mol. The molecule has 1 amide bonds. The first-order valence-corrected chi connectivity index (χ1v) is 11.3. The van der Waals surface area contributed by atoms with Gasteiger partial charge >= 0.3 is 0 Å². The zero-order chi connectivity index (χ0) is 22.5. The van der Waals surface area contributed by atoms with Gasteiger partial charge in [0.05, 0.1) is 10.2 Å². The van der Waals surface area contributed by atoms with Crippen LogP contribution in [0.15, 0.2) is 35.4 Å². The highest BCUT2D eigenvalue weighted by atomic mass is 32.1. The molecule has 3 rings (SSSR count). The maximum absolute atomic E-state index is 12.5. The maximum Gasteiger partial charge on any atom is 0.262 e. The third-order valence-corrected chi connectivity index (χ3v) is 6.25. The third-order valence-electron chi connectivity index (χ3n) is 5.15. The summed E-state index contributed by atoms with van der Waals surface area (Å²) >= 11 is 1.53. The zero-order valence-electron chi connectivity index (χ0n) is 19.0. The number of nitrogens with one attached hydrogen (secondary N) is 2. The van der Waals surface area contributed by atoms with E-state index in [9.17, 15) is 4.79 Å². The number of rotatable bonds is 8. The SMILES string of the molecule is CC/C(C)=N\Nc1nc2cc(C)c(NC(=O)COc3ccc(C(C)C)cc3)c(C)c2s1. The second-order valence-corrected chi connectivity index (χ2v) is 8.93. The second-order valence-electron chi connectivity index (χ2n) is 7.93. The molecule has 0 unspecified atom stereocenters. The molecule has 0 saturated carbocycles. The standard InChI is InChI=1S/C24H30N4O2S/c1-7-16(5)27-28-24-25-20-12-15(4)22(17(6)23(20)31-24)26-21(29)13-30-19-10-8-18(9-11-19)14(2)3/h8-12,14H,7,13H2,1-6H3,(H,25,28)(H,26,29)/b27-16-. The number of hydrazone groups is 1. The number of thiazole rings is 1. The van der Waals surface area contributed by atoms with Crippen molar-refractivity contribution in [3.05, 3.63) is 47.0 Å². The lowest BCUT2D eigenvalue weighted by Crippen LogP contribution is -2.21. The average molecular weight is 439 g/mol. The van der Waals surface area contributed by atoms with Crippen molar-refractivity contribution in [2.24, 2.45) is 5.10 Å². The number of amides is 1. The summed E-state index contributed by atoms with van der Waals surface area (Å²) in [6.45, 7) is 12.3. The minimum Gasteiger partial charge on any atom is -0.484 e. The Balaban J connectivity index is 1.70. The molecule has 0 radical (unpaired) electrons. The van der Waals surface area contributed by atoms with E-state index in [0.717, 1.165) is 44.3 Å². The summed E-state index contributed by atoms with van der Waals surface area (Å²) in [6, 6.07) is 9.85. The quantitative estimate of drug-likeness (QED) is 0.322. The maximum atomic E-state index is 12.5. The Bertz CT molecular complexity index is 1100. The molecule has 0 aliphatic carbocycles. The number of fused-ring (bicyclic) bond motifs is 1. The first-order valence-electron chi connectivity index (χ1n) is 10.5. The van der Waals surface area contributed by atoms with Gasteiger partial charge in [-0.05, 0) is 68.0 Å². The number of aromatic nitrogens is 1. The second kappa shape index (κ2) is 9.92. The Morgan fingerprint density at radius 2 is 1.94 bits per heavy atom. The smallest absolute Gasteiger partial charge is 0.262 e. The van der Waals surface area contributed by atoms with Crippen molar-refractivity contribution >= 4 is 44.0 Å². The lowest BCUT2D eigenvalue weighted by Gasteiger charge is -2.13. The van der Waals surface area contributed by atoms with Crippen LogP contribution in [0, 0.1) is 13.8 Å². The highest BCUT2D eigenvalue weighted by Crippen LogP contribution is 2.35. The normalized spacial score (nSPS) is 11.8. The summed E-state index contributed by atoms with van der Waals surface area (Å²) in [6.07, 6.45) is 0.885. The molecular formula is C24H30N4O2S. The predicted octanol–water partition coefficient (Wildman–Crippen LogP) is 6.25. The molecule has 0 aliphatic rings. The monoisotopic (exact) mass is 438 g/mol. The minimum atomic E-state index is -0.190. The lowest BCUT2D eigenvalue weighted by molar-refractivity contribution is -0.118. The van der Waals surface area contributed by atoms with E-state index < -0.39 is 0 Å². The van der Waals surface area contributed by atoms with Gasteiger partial charge in [0.25, 0.3) is 5.91 Å². The van der Waals surface area contributed by atoms with Crippen LogP contribution in [0.25, 0.3) is 10.2 Å². The molecule has 0 aliphatic heterocycles. The summed E-state index contributed by atoms with van der Waals surface area (Å²) in [5, 5.41) is 8.07. The Labute approximate surface area is 187 Å². The van der Waals surface area contributed by atoms with Crippen molar-refractivity contribution in [2.75, 3.05) is 17.3 Å². The fourth-order valence-electron chi connectivity index (χ4n) is 3.12. The molecule has 31 heavy (non-hydrogen) atoms. The Morgan fingerprint density at radius 1 is 1.23 bits per heavy atom. The molecule has 0 saturated heterocycles. The van der Waals surface area contributed by atoms with Crippen LogP contribution >= 0.6 is 11.3 Å². The molecule has 7 heteroatoms. The Morgan fingerprint density at radius 3 is 2.58 bits per heavy atom. The van der Waals surface area contributed by atoms with Crippen LogP contribution < -0.4 is 15.5 Å². The van der Waals surface area contributed by atoms with E-state index in [4.69, 9.17) is 4.74 Å². The van der Waals surface area contributed by atoms with Crippen molar-refractivity contribution < 1.29 is 9.53 Å². The van der Waals surface area contributed by atoms with Crippen LogP contribution in [-0.2, 0) is 4.79 Å². The van der Waals surface area contributed by atoms with Gasteiger partial charge in [0.2, 0.25) is 5.13 Å². The van der Waals surface area contributed by atoms with E-state index in [1.54, 1.807) is 0 Å². The summed E-state index contributed by atoms with van der Waals surface area (Å²) < 4.78 is 6.69. The fraction of sp³-hybridized carbons (Fsp3) is 0.375. The molecule has 1 heterocycles. The number of carbonyl (C=O) groups excluding carboxylic acids is 1.